The highest BCUT2D eigenvalue weighted by atomic mass is 31.2. The zero-order valence-corrected chi connectivity index (χ0v) is 11.4. The maximum absolute atomic E-state index is 12.3. The molecule has 1 aromatic carbocycles. The normalized spacial score (nSPS) is 13.4. The van der Waals surface area contributed by atoms with Crippen LogP contribution in [0, 0.1) is 0 Å². The van der Waals surface area contributed by atoms with Crippen molar-refractivity contribution in [2.45, 2.75) is 25.5 Å². The monoisotopic (exact) mass is 257 g/mol. The molecule has 1 aromatic rings. The number of nitrogens with one attached hydrogen (secondary N) is 1. The van der Waals surface area contributed by atoms with Crippen LogP contribution in [0.4, 0.5) is 5.69 Å². The second kappa shape index (κ2) is 6.80. The Hall–Kier alpha value is -0.830. The second-order valence-electron chi connectivity index (χ2n) is 3.72. The molecule has 0 radical (unpaired) electrons. The quantitative estimate of drug-likeness (QED) is 0.756. The van der Waals surface area contributed by atoms with Crippen molar-refractivity contribution < 1.29 is 13.6 Å². The molecule has 96 valence electrons. The highest BCUT2D eigenvalue weighted by molar-refractivity contribution is 7.54. The molecule has 0 aliphatic heterocycles. The molecule has 0 aliphatic rings. The molecule has 0 aromatic heterocycles. The first kappa shape index (κ1) is 14.2. The van der Waals surface area contributed by atoms with Crippen molar-refractivity contribution in [1.82, 2.24) is 0 Å². The third kappa shape index (κ3) is 3.84. The van der Waals surface area contributed by atoms with Gasteiger partial charge in [0.25, 0.3) is 0 Å². The third-order valence-electron chi connectivity index (χ3n) is 2.56. The number of anilines is 1. The molecule has 5 heteroatoms. The van der Waals surface area contributed by atoms with Crippen LogP contribution in [0.2, 0.25) is 0 Å². The summed E-state index contributed by atoms with van der Waals surface area (Å²) in [7, 11) is -0.252. The Labute approximate surface area is 103 Å². The van der Waals surface area contributed by atoms with E-state index in [1.54, 1.807) is 0 Å². The minimum Gasteiger partial charge on any atom is -0.372 e. The maximum Gasteiger partial charge on any atom is 0.352 e. The largest absolute Gasteiger partial charge is 0.372 e. The molecule has 0 saturated heterocycles. The lowest BCUT2D eigenvalue weighted by Crippen LogP contribution is -2.21. The van der Waals surface area contributed by atoms with E-state index in [1.165, 1.54) is 14.2 Å². The van der Waals surface area contributed by atoms with Crippen LogP contribution in [0.15, 0.2) is 30.3 Å². The van der Waals surface area contributed by atoms with Crippen molar-refractivity contribution in [3.8, 4) is 0 Å². The highest BCUT2D eigenvalue weighted by Crippen LogP contribution is 2.53. The molecule has 0 amide bonds. The van der Waals surface area contributed by atoms with Crippen LogP contribution >= 0.6 is 7.60 Å². The van der Waals surface area contributed by atoms with E-state index < -0.39 is 7.60 Å². The van der Waals surface area contributed by atoms with Crippen LogP contribution in [-0.2, 0) is 13.6 Å². The van der Waals surface area contributed by atoms with Crippen molar-refractivity contribution in [3.63, 3.8) is 0 Å². The molecule has 0 saturated carbocycles. The van der Waals surface area contributed by atoms with Crippen LogP contribution in [0.3, 0.4) is 0 Å². The summed E-state index contributed by atoms with van der Waals surface area (Å²) >= 11 is 0. The number of para-hydroxylation sites is 1. The summed E-state index contributed by atoms with van der Waals surface area (Å²) in [6, 6.07) is 9.65. The van der Waals surface area contributed by atoms with Gasteiger partial charge >= 0.3 is 7.60 Å². The predicted octanol–water partition coefficient (Wildman–Crippen LogP) is 3.71. The van der Waals surface area contributed by atoms with Crippen LogP contribution in [0.1, 0.15) is 19.8 Å². The fourth-order valence-electron chi connectivity index (χ4n) is 1.64. The standard InChI is InChI=1S/C12H20NO3P/c1-4-8-12(17(14,15-2)16-3)13-11-9-6-5-7-10-11/h5-7,9-10,12-13H,4,8H2,1-3H3. The Morgan fingerprint density at radius 2 is 1.82 bits per heavy atom. The first-order valence-electron chi connectivity index (χ1n) is 5.69. The highest BCUT2D eigenvalue weighted by Gasteiger charge is 2.33. The molecule has 1 unspecified atom stereocenters. The van der Waals surface area contributed by atoms with E-state index >= 15 is 0 Å². The summed E-state index contributed by atoms with van der Waals surface area (Å²) in [6.07, 6.45) is 1.63. The van der Waals surface area contributed by atoms with Crippen molar-refractivity contribution in [1.29, 1.82) is 0 Å². The lowest BCUT2D eigenvalue weighted by atomic mass is 10.3. The summed E-state index contributed by atoms with van der Waals surface area (Å²) in [5, 5.41) is 3.21. The number of hydrogen-bond donors (Lipinski definition) is 1. The van der Waals surface area contributed by atoms with Crippen molar-refractivity contribution in [2.75, 3.05) is 19.5 Å². The first-order chi connectivity index (χ1) is 8.16. The fourth-order valence-corrected chi connectivity index (χ4v) is 3.18. The van der Waals surface area contributed by atoms with Crippen molar-refractivity contribution >= 4 is 13.3 Å². The van der Waals surface area contributed by atoms with Crippen LogP contribution in [0.5, 0.6) is 0 Å². The Morgan fingerprint density at radius 1 is 1.24 bits per heavy atom. The number of hydrogen-bond acceptors (Lipinski definition) is 4. The minimum atomic E-state index is -3.08. The van der Waals surface area contributed by atoms with E-state index in [2.05, 4.69) is 5.32 Å². The molecular formula is C12H20NO3P. The lowest BCUT2D eigenvalue weighted by Gasteiger charge is -2.25. The smallest absolute Gasteiger partial charge is 0.352 e. The van der Waals surface area contributed by atoms with E-state index in [0.717, 1.165) is 18.5 Å². The molecule has 0 fully saturated rings. The fraction of sp³-hybridized carbons (Fsp3) is 0.500. The molecule has 0 spiro atoms. The molecular weight excluding hydrogens is 237 g/mol. The number of rotatable bonds is 7. The van der Waals surface area contributed by atoms with Gasteiger partial charge in [-0.1, -0.05) is 31.5 Å². The Bertz CT molecular complexity index is 361. The van der Waals surface area contributed by atoms with Gasteiger partial charge in [-0.3, -0.25) is 4.57 Å². The Morgan fingerprint density at radius 3 is 2.29 bits per heavy atom. The summed E-state index contributed by atoms with van der Waals surface area (Å²) in [6.45, 7) is 2.04. The maximum atomic E-state index is 12.3. The zero-order valence-electron chi connectivity index (χ0n) is 10.6. The van der Waals surface area contributed by atoms with Gasteiger partial charge in [-0.2, -0.15) is 0 Å². The first-order valence-corrected chi connectivity index (χ1v) is 7.30. The van der Waals surface area contributed by atoms with Gasteiger partial charge in [-0.05, 0) is 18.6 Å². The van der Waals surface area contributed by atoms with Crippen LogP contribution < -0.4 is 5.32 Å². The van der Waals surface area contributed by atoms with Gasteiger partial charge in [0, 0.05) is 19.9 Å². The molecule has 1 rings (SSSR count). The topological polar surface area (TPSA) is 47.6 Å². The predicted molar refractivity (Wildman–Crippen MR) is 70.4 cm³/mol. The average Bonchev–Trinajstić information content (AvgIpc) is 2.38. The second-order valence-corrected chi connectivity index (χ2v) is 6.15. The van der Waals surface area contributed by atoms with Crippen molar-refractivity contribution in [3.05, 3.63) is 30.3 Å². The van der Waals surface area contributed by atoms with Crippen LogP contribution in [-0.4, -0.2) is 20.0 Å². The Balaban J connectivity index is 2.83. The average molecular weight is 257 g/mol. The van der Waals surface area contributed by atoms with Gasteiger partial charge in [0.15, 0.2) is 0 Å². The molecule has 0 bridgehead atoms. The molecule has 1 N–H and O–H groups in total. The van der Waals surface area contributed by atoms with E-state index in [4.69, 9.17) is 9.05 Å². The van der Waals surface area contributed by atoms with E-state index in [-0.39, 0.29) is 5.78 Å². The van der Waals surface area contributed by atoms with Crippen LogP contribution in [0.25, 0.3) is 0 Å². The van der Waals surface area contributed by atoms with Gasteiger partial charge in [-0.15, -0.1) is 0 Å². The SMILES string of the molecule is CCCC(Nc1ccccc1)P(=O)(OC)OC. The van der Waals surface area contributed by atoms with Gasteiger partial charge in [0.05, 0.1) is 0 Å². The molecule has 4 nitrogen and oxygen atoms in total. The summed E-state index contributed by atoms with van der Waals surface area (Å²) < 4.78 is 22.4. The van der Waals surface area contributed by atoms with Gasteiger partial charge < -0.3 is 14.4 Å². The molecule has 0 heterocycles. The van der Waals surface area contributed by atoms with Gasteiger partial charge in [-0.25, -0.2) is 0 Å². The van der Waals surface area contributed by atoms with Crippen molar-refractivity contribution in [2.24, 2.45) is 0 Å². The van der Waals surface area contributed by atoms with E-state index in [9.17, 15) is 4.57 Å². The third-order valence-corrected chi connectivity index (χ3v) is 4.73. The zero-order chi connectivity index (χ0) is 12.7. The molecule has 0 aliphatic carbocycles. The summed E-state index contributed by atoms with van der Waals surface area (Å²) in [5.74, 6) is -0.315. The number of benzene rings is 1. The van der Waals surface area contributed by atoms with E-state index in [1.807, 2.05) is 37.3 Å². The molecule has 17 heavy (non-hydrogen) atoms. The minimum absolute atomic E-state index is 0.315. The van der Waals surface area contributed by atoms with Gasteiger partial charge in [0.1, 0.15) is 5.78 Å². The molecule has 1 atom stereocenters. The van der Waals surface area contributed by atoms with Gasteiger partial charge in [0.2, 0.25) is 0 Å². The summed E-state index contributed by atoms with van der Waals surface area (Å²) in [4.78, 5) is 0. The summed E-state index contributed by atoms with van der Waals surface area (Å²) in [5.41, 5.74) is 0.917. The lowest BCUT2D eigenvalue weighted by molar-refractivity contribution is 0.266. The Kier molecular flexibility index (Phi) is 5.69. The van der Waals surface area contributed by atoms with E-state index in [0.29, 0.717) is 0 Å².